The lowest BCUT2D eigenvalue weighted by atomic mass is 10.0. The minimum absolute atomic E-state index is 0.660. The van der Waals surface area contributed by atoms with Crippen LogP contribution < -0.4 is 5.32 Å². The Morgan fingerprint density at radius 1 is 1.59 bits per heavy atom. The molecule has 1 aliphatic rings. The van der Waals surface area contributed by atoms with Crippen molar-refractivity contribution in [1.82, 2.24) is 10.2 Å². The van der Waals surface area contributed by atoms with Crippen LogP contribution in [0.2, 0.25) is 4.34 Å². The van der Waals surface area contributed by atoms with Crippen molar-refractivity contribution >= 4 is 38.9 Å². The lowest BCUT2D eigenvalue weighted by molar-refractivity contribution is 0.258. The average molecular weight is 338 g/mol. The van der Waals surface area contributed by atoms with Crippen LogP contribution in [0.5, 0.6) is 0 Å². The van der Waals surface area contributed by atoms with Crippen LogP contribution in [0.15, 0.2) is 10.5 Å². The van der Waals surface area contributed by atoms with Crippen molar-refractivity contribution in [3.63, 3.8) is 0 Å². The van der Waals surface area contributed by atoms with Gasteiger partial charge >= 0.3 is 0 Å². The largest absolute Gasteiger partial charge is 0.313 e. The second-order valence-electron chi connectivity index (χ2n) is 4.68. The summed E-state index contributed by atoms with van der Waals surface area (Å²) in [6.45, 7) is 3.27. The molecule has 1 aliphatic heterocycles. The van der Waals surface area contributed by atoms with E-state index in [-0.39, 0.29) is 0 Å². The molecular formula is C12H18BrClN2S. The zero-order valence-corrected chi connectivity index (χ0v) is 13.2. The molecule has 5 heteroatoms. The number of likely N-dealkylation sites (N-methyl/N-ethyl adjacent to an activating group) is 1. The van der Waals surface area contributed by atoms with E-state index in [1.165, 1.54) is 30.7 Å². The summed E-state index contributed by atoms with van der Waals surface area (Å²) in [5, 5.41) is 3.58. The smallest absolute Gasteiger partial charge is 0.107 e. The van der Waals surface area contributed by atoms with E-state index in [1.54, 1.807) is 11.3 Å². The second kappa shape index (κ2) is 6.53. The molecule has 1 aromatic heterocycles. The van der Waals surface area contributed by atoms with Gasteiger partial charge in [0.25, 0.3) is 0 Å². The monoisotopic (exact) mass is 336 g/mol. The Balaban J connectivity index is 1.81. The number of nitrogens with zero attached hydrogens (tertiary/aromatic N) is 1. The van der Waals surface area contributed by atoms with E-state index >= 15 is 0 Å². The fourth-order valence-electron chi connectivity index (χ4n) is 2.26. The molecule has 2 nitrogen and oxygen atoms in total. The number of halogens is 2. The molecule has 0 bridgehead atoms. The van der Waals surface area contributed by atoms with Crippen molar-refractivity contribution in [1.29, 1.82) is 0 Å². The standard InChI is InChI=1S/C12H18BrClN2S/c1-16(7-9-4-2-3-5-15-9)8-10-6-11(13)12(14)17-10/h6,9,15H,2-5,7-8H2,1H3. The summed E-state index contributed by atoms with van der Waals surface area (Å²) in [6.07, 6.45) is 3.99. The lowest BCUT2D eigenvalue weighted by Crippen LogP contribution is -2.42. The second-order valence-corrected chi connectivity index (χ2v) is 7.27. The Labute approximate surface area is 120 Å². The van der Waals surface area contributed by atoms with E-state index in [2.05, 4.69) is 39.3 Å². The van der Waals surface area contributed by atoms with Gasteiger partial charge < -0.3 is 5.32 Å². The third-order valence-electron chi connectivity index (χ3n) is 3.07. The van der Waals surface area contributed by atoms with Crippen LogP contribution in [0.3, 0.4) is 0 Å². The Morgan fingerprint density at radius 3 is 3.00 bits per heavy atom. The first-order valence-electron chi connectivity index (χ1n) is 6.01. The Bertz CT molecular complexity index is 344. The maximum atomic E-state index is 6.05. The highest BCUT2D eigenvalue weighted by Gasteiger charge is 2.15. The molecule has 1 saturated heterocycles. The first-order valence-corrected chi connectivity index (χ1v) is 7.99. The third kappa shape index (κ3) is 4.21. The molecule has 96 valence electrons. The molecule has 1 fully saturated rings. The van der Waals surface area contributed by atoms with E-state index in [0.717, 1.165) is 21.9 Å². The van der Waals surface area contributed by atoms with Crippen LogP contribution in [0.4, 0.5) is 0 Å². The summed E-state index contributed by atoms with van der Waals surface area (Å²) < 4.78 is 1.87. The molecule has 1 aromatic rings. The van der Waals surface area contributed by atoms with Crippen LogP contribution >= 0.6 is 38.9 Å². The summed E-state index contributed by atoms with van der Waals surface area (Å²) in [4.78, 5) is 3.69. The number of hydrogen-bond donors (Lipinski definition) is 1. The molecule has 0 aliphatic carbocycles. The van der Waals surface area contributed by atoms with Gasteiger partial charge in [0, 0.05) is 28.5 Å². The van der Waals surface area contributed by atoms with Gasteiger partial charge in [-0.05, 0) is 48.4 Å². The number of piperidine rings is 1. The fourth-order valence-corrected chi connectivity index (χ4v) is 4.13. The van der Waals surface area contributed by atoms with Crippen LogP contribution in [-0.2, 0) is 6.54 Å². The Kier molecular flexibility index (Phi) is 5.30. The zero-order chi connectivity index (χ0) is 12.3. The summed E-state index contributed by atoms with van der Waals surface area (Å²) in [6, 6.07) is 2.78. The molecule has 0 spiro atoms. The third-order valence-corrected chi connectivity index (χ3v) is 5.53. The van der Waals surface area contributed by atoms with Gasteiger partial charge in [-0.1, -0.05) is 18.0 Å². The maximum Gasteiger partial charge on any atom is 0.107 e. The predicted molar refractivity (Wildman–Crippen MR) is 79.0 cm³/mol. The number of thiophene rings is 1. The van der Waals surface area contributed by atoms with Crippen molar-refractivity contribution in [3.8, 4) is 0 Å². The van der Waals surface area contributed by atoms with E-state index in [4.69, 9.17) is 11.6 Å². The fraction of sp³-hybridized carbons (Fsp3) is 0.667. The molecule has 0 aromatic carbocycles. The lowest BCUT2D eigenvalue weighted by Gasteiger charge is -2.27. The van der Waals surface area contributed by atoms with Crippen molar-refractivity contribution in [2.24, 2.45) is 0 Å². The van der Waals surface area contributed by atoms with Gasteiger partial charge in [0.05, 0.1) is 0 Å². The molecule has 0 amide bonds. The minimum Gasteiger partial charge on any atom is -0.313 e. The van der Waals surface area contributed by atoms with Gasteiger partial charge in [-0.25, -0.2) is 0 Å². The highest BCUT2D eigenvalue weighted by molar-refractivity contribution is 9.10. The average Bonchev–Trinajstić information content (AvgIpc) is 2.59. The quantitative estimate of drug-likeness (QED) is 0.900. The van der Waals surface area contributed by atoms with Gasteiger partial charge in [-0.15, -0.1) is 11.3 Å². The maximum absolute atomic E-state index is 6.05. The van der Waals surface area contributed by atoms with E-state index in [9.17, 15) is 0 Å². The number of nitrogens with one attached hydrogen (secondary N) is 1. The van der Waals surface area contributed by atoms with Gasteiger partial charge in [-0.2, -0.15) is 0 Å². The first-order chi connectivity index (χ1) is 8.15. The minimum atomic E-state index is 0.660. The molecule has 17 heavy (non-hydrogen) atoms. The molecule has 1 atom stereocenters. The molecular weight excluding hydrogens is 320 g/mol. The van der Waals surface area contributed by atoms with Gasteiger partial charge in [0.1, 0.15) is 4.34 Å². The van der Waals surface area contributed by atoms with Crippen LogP contribution in [0.25, 0.3) is 0 Å². The Hall–Kier alpha value is 0.390. The summed E-state index contributed by atoms with van der Waals surface area (Å²) >= 11 is 11.2. The van der Waals surface area contributed by atoms with Crippen molar-refractivity contribution in [2.45, 2.75) is 31.8 Å². The van der Waals surface area contributed by atoms with Gasteiger partial charge in [-0.3, -0.25) is 4.90 Å². The number of hydrogen-bond acceptors (Lipinski definition) is 3. The first kappa shape index (κ1) is 13.8. The van der Waals surface area contributed by atoms with Crippen molar-refractivity contribution in [3.05, 3.63) is 19.8 Å². The molecule has 1 unspecified atom stereocenters. The Morgan fingerprint density at radius 2 is 2.41 bits per heavy atom. The predicted octanol–water partition coefficient (Wildman–Crippen LogP) is 3.74. The topological polar surface area (TPSA) is 15.3 Å². The van der Waals surface area contributed by atoms with E-state index < -0.39 is 0 Å². The molecule has 2 heterocycles. The molecule has 0 radical (unpaired) electrons. The normalized spacial score (nSPS) is 21.1. The van der Waals surface area contributed by atoms with Crippen molar-refractivity contribution < 1.29 is 0 Å². The van der Waals surface area contributed by atoms with Crippen LogP contribution in [0.1, 0.15) is 24.1 Å². The summed E-state index contributed by atoms with van der Waals surface area (Å²) in [5.74, 6) is 0. The zero-order valence-electron chi connectivity index (χ0n) is 10.0. The highest BCUT2D eigenvalue weighted by atomic mass is 79.9. The summed E-state index contributed by atoms with van der Waals surface area (Å²) in [7, 11) is 2.18. The van der Waals surface area contributed by atoms with E-state index in [0.29, 0.717) is 6.04 Å². The van der Waals surface area contributed by atoms with Crippen molar-refractivity contribution in [2.75, 3.05) is 20.1 Å². The van der Waals surface area contributed by atoms with Gasteiger partial charge in [0.2, 0.25) is 0 Å². The van der Waals surface area contributed by atoms with Crippen LogP contribution in [-0.4, -0.2) is 31.1 Å². The van der Waals surface area contributed by atoms with Crippen LogP contribution in [0, 0.1) is 0 Å². The van der Waals surface area contributed by atoms with Gasteiger partial charge in [0.15, 0.2) is 0 Å². The van der Waals surface area contributed by atoms with E-state index in [1.807, 2.05) is 0 Å². The SMILES string of the molecule is CN(Cc1cc(Br)c(Cl)s1)CC1CCCCN1. The summed E-state index contributed by atoms with van der Waals surface area (Å²) in [5.41, 5.74) is 0. The molecule has 2 rings (SSSR count). The number of rotatable bonds is 4. The highest BCUT2D eigenvalue weighted by Crippen LogP contribution is 2.32. The molecule has 0 saturated carbocycles. The molecule has 1 N–H and O–H groups in total.